The molecule has 6 nitrogen and oxygen atoms in total. The number of nitrogens with one attached hydrogen (secondary N) is 1. The van der Waals surface area contributed by atoms with Crippen LogP contribution in [0.25, 0.3) is 10.8 Å². The maximum Gasteiger partial charge on any atom is 0.338 e. The minimum atomic E-state index is -0.355. The van der Waals surface area contributed by atoms with Crippen molar-refractivity contribution >= 4 is 28.2 Å². The molecule has 0 heterocycles. The van der Waals surface area contributed by atoms with Gasteiger partial charge in [-0.2, -0.15) is 0 Å². The van der Waals surface area contributed by atoms with Crippen LogP contribution in [0.1, 0.15) is 47.3 Å². The summed E-state index contributed by atoms with van der Waals surface area (Å²) in [7, 11) is 3.29. The Morgan fingerprint density at radius 2 is 1.53 bits per heavy atom. The van der Waals surface area contributed by atoms with Crippen molar-refractivity contribution in [2.24, 2.45) is 0 Å². The monoisotopic (exact) mass is 511 g/mol. The van der Waals surface area contributed by atoms with Gasteiger partial charge in [-0.3, -0.25) is 4.79 Å². The Kier molecular flexibility index (Phi) is 8.98. The molecule has 38 heavy (non-hydrogen) atoms. The number of ketones is 1. The molecule has 4 aromatic carbocycles. The maximum absolute atomic E-state index is 13.2. The summed E-state index contributed by atoms with van der Waals surface area (Å²) in [6.07, 6.45) is 1.42. The zero-order valence-electron chi connectivity index (χ0n) is 22.0. The van der Waals surface area contributed by atoms with Gasteiger partial charge in [0.2, 0.25) is 0 Å². The molecule has 1 unspecified atom stereocenters. The molecule has 0 bridgehead atoms. The average molecular weight is 512 g/mol. The molecule has 0 aliphatic heterocycles. The fourth-order valence-electron chi connectivity index (χ4n) is 4.40. The van der Waals surface area contributed by atoms with Crippen LogP contribution in [-0.2, 0) is 16.0 Å². The van der Waals surface area contributed by atoms with Crippen molar-refractivity contribution in [1.82, 2.24) is 0 Å². The Morgan fingerprint density at radius 3 is 2.26 bits per heavy atom. The lowest BCUT2D eigenvalue weighted by molar-refractivity contribution is -0.119. The molecule has 0 aliphatic rings. The highest BCUT2D eigenvalue weighted by Crippen LogP contribution is 2.28. The molecule has 0 aromatic heterocycles. The first-order valence-corrected chi connectivity index (χ1v) is 12.7. The fourth-order valence-corrected chi connectivity index (χ4v) is 4.40. The van der Waals surface area contributed by atoms with E-state index < -0.39 is 0 Å². The summed E-state index contributed by atoms with van der Waals surface area (Å²) in [6, 6.07) is 26.8. The van der Waals surface area contributed by atoms with E-state index in [1.165, 1.54) is 0 Å². The third-order valence-corrected chi connectivity index (χ3v) is 6.47. The van der Waals surface area contributed by atoms with Crippen molar-refractivity contribution in [1.29, 1.82) is 0 Å². The van der Waals surface area contributed by atoms with Crippen molar-refractivity contribution in [3.05, 3.63) is 102 Å². The van der Waals surface area contributed by atoms with Gasteiger partial charge in [-0.15, -0.1) is 0 Å². The zero-order chi connectivity index (χ0) is 26.9. The number of esters is 1. The third kappa shape index (κ3) is 6.91. The number of aryl methyl sites for hydroxylation is 1. The molecule has 1 N–H and O–H groups in total. The summed E-state index contributed by atoms with van der Waals surface area (Å²) in [5.74, 6) is 1.36. The van der Waals surface area contributed by atoms with Gasteiger partial charge < -0.3 is 19.5 Å². The summed E-state index contributed by atoms with van der Waals surface area (Å²) in [5.41, 5.74) is 3.37. The smallest absolute Gasteiger partial charge is 0.338 e. The summed E-state index contributed by atoms with van der Waals surface area (Å²) in [4.78, 5) is 25.2. The molecule has 1 atom stereocenters. The number of hydrogen-bond donors (Lipinski definition) is 1. The van der Waals surface area contributed by atoms with E-state index in [9.17, 15) is 9.59 Å². The van der Waals surface area contributed by atoms with Crippen LogP contribution in [0, 0.1) is 0 Å². The standard InChI is InChI=1S/C32H33NO5/c1-4-38-32(35)23-11-14-27(15-12-23)33-31(26-6-5-7-29(20-26)36-2)21-28(34)16-9-22-8-10-25-19-30(37-3)17-13-24(25)18-22/h5-8,10-15,17-20,31,33H,4,9,16,21H2,1-3H3. The van der Waals surface area contributed by atoms with Gasteiger partial charge in [0, 0.05) is 18.5 Å². The van der Waals surface area contributed by atoms with Gasteiger partial charge in [0.1, 0.15) is 17.3 Å². The first-order valence-electron chi connectivity index (χ1n) is 12.7. The number of Topliss-reactive ketones (excluding diaryl/α,β-unsaturated/α-hetero) is 1. The first-order chi connectivity index (χ1) is 18.5. The van der Waals surface area contributed by atoms with Gasteiger partial charge in [-0.25, -0.2) is 4.79 Å². The van der Waals surface area contributed by atoms with Gasteiger partial charge in [0.05, 0.1) is 32.4 Å². The van der Waals surface area contributed by atoms with E-state index in [0.29, 0.717) is 31.4 Å². The molecule has 196 valence electrons. The highest BCUT2D eigenvalue weighted by Gasteiger charge is 2.18. The average Bonchev–Trinajstić information content (AvgIpc) is 2.95. The molecule has 4 rings (SSSR count). The molecular formula is C32H33NO5. The van der Waals surface area contributed by atoms with Crippen LogP contribution in [0.4, 0.5) is 5.69 Å². The van der Waals surface area contributed by atoms with E-state index in [4.69, 9.17) is 14.2 Å². The van der Waals surface area contributed by atoms with Crippen LogP contribution in [0.5, 0.6) is 11.5 Å². The van der Waals surface area contributed by atoms with Gasteiger partial charge >= 0.3 is 5.97 Å². The molecular weight excluding hydrogens is 478 g/mol. The van der Waals surface area contributed by atoms with Crippen LogP contribution in [0.15, 0.2) is 84.9 Å². The Bertz CT molecular complexity index is 1400. The van der Waals surface area contributed by atoms with Crippen LogP contribution in [-0.4, -0.2) is 32.6 Å². The van der Waals surface area contributed by atoms with Crippen LogP contribution in [0.3, 0.4) is 0 Å². The number of methoxy groups -OCH3 is 2. The summed E-state index contributed by atoms with van der Waals surface area (Å²) in [5, 5.41) is 5.70. The van der Waals surface area contributed by atoms with Crippen LogP contribution < -0.4 is 14.8 Å². The second-order valence-corrected chi connectivity index (χ2v) is 9.06. The lowest BCUT2D eigenvalue weighted by Crippen LogP contribution is -2.16. The van der Waals surface area contributed by atoms with E-state index in [1.807, 2.05) is 54.6 Å². The van der Waals surface area contributed by atoms with E-state index >= 15 is 0 Å². The minimum absolute atomic E-state index is 0.156. The molecule has 0 fully saturated rings. The molecule has 6 heteroatoms. The van der Waals surface area contributed by atoms with E-state index in [-0.39, 0.29) is 17.8 Å². The number of hydrogen-bond acceptors (Lipinski definition) is 6. The Labute approximate surface area is 223 Å². The third-order valence-electron chi connectivity index (χ3n) is 6.47. The molecule has 0 saturated carbocycles. The lowest BCUT2D eigenvalue weighted by atomic mass is 9.96. The number of anilines is 1. The van der Waals surface area contributed by atoms with Gasteiger partial charge in [0.25, 0.3) is 0 Å². The Balaban J connectivity index is 1.46. The van der Waals surface area contributed by atoms with E-state index in [0.717, 1.165) is 39.1 Å². The normalized spacial score (nSPS) is 11.6. The highest BCUT2D eigenvalue weighted by molar-refractivity contribution is 5.90. The quantitative estimate of drug-likeness (QED) is 0.211. The second-order valence-electron chi connectivity index (χ2n) is 9.06. The molecule has 0 radical (unpaired) electrons. The van der Waals surface area contributed by atoms with Crippen molar-refractivity contribution in [3.63, 3.8) is 0 Å². The Hall–Kier alpha value is -4.32. The number of rotatable bonds is 12. The molecule has 0 amide bonds. The van der Waals surface area contributed by atoms with Gasteiger partial charge in [0.15, 0.2) is 0 Å². The summed E-state index contributed by atoms with van der Waals surface area (Å²) < 4.78 is 15.8. The number of benzene rings is 4. The summed E-state index contributed by atoms with van der Waals surface area (Å²) in [6.45, 7) is 2.10. The maximum atomic E-state index is 13.2. The van der Waals surface area contributed by atoms with E-state index in [1.54, 1.807) is 33.3 Å². The van der Waals surface area contributed by atoms with Crippen LogP contribution >= 0.6 is 0 Å². The number of fused-ring (bicyclic) bond motifs is 1. The van der Waals surface area contributed by atoms with E-state index in [2.05, 4.69) is 23.5 Å². The van der Waals surface area contributed by atoms with Crippen molar-refractivity contribution < 1.29 is 23.8 Å². The lowest BCUT2D eigenvalue weighted by Gasteiger charge is -2.21. The predicted octanol–water partition coefficient (Wildman–Crippen LogP) is 6.78. The molecule has 0 spiro atoms. The van der Waals surface area contributed by atoms with Crippen molar-refractivity contribution in [2.75, 3.05) is 26.1 Å². The first kappa shape index (κ1) is 26.7. The van der Waals surface area contributed by atoms with Crippen molar-refractivity contribution in [3.8, 4) is 11.5 Å². The number of carbonyl (C=O) groups excluding carboxylic acids is 2. The molecule has 0 saturated heterocycles. The van der Waals surface area contributed by atoms with Crippen LogP contribution in [0.2, 0.25) is 0 Å². The SMILES string of the molecule is CCOC(=O)c1ccc(NC(CC(=O)CCc2ccc3cc(OC)ccc3c2)c2cccc(OC)c2)cc1. The number of ether oxygens (including phenoxy) is 3. The number of carbonyl (C=O) groups is 2. The minimum Gasteiger partial charge on any atom is -0.497 e. The largest absolute Gasteiger partial charge is 0.497 e. The topological polar surface area (TPSA) is 73.9 Å². The van der Waals surface area contributed by atoms with Gasteiger partial charge in [-0.05, 0) is 83.8 Å². The Morgan fingerprint density at radius 1 is 0.816 bits per heavy atom. The van der Waals surface area contributed by atoms with Gasteiger partial charge in [-0.1, -0.05) is 36.4 Å². The zero-order valence-corrected chi connectivity index (χ0v) is 22.0. The van der Waals surface area contributed by atoms with Crippen molar-refractivity contribution in [2.45, 2.75) is 32.2 Å². The summed E-state index contributed by atoms with van der Waals surface area (Å²) >= 11 is 0. The molecule has 4 aromatic rings. The molecule has 0 aliphatic carbocycles. The second kappa shape index (κ2) is 12.8. The highest BCUT2D eigenvalue weighted by atomic mass is 16.5. The fraction of sp³-hybridized carbons (Fsp3) is 0.250. The predicted molar refractivity (Wildman–Crippen MR) is 150 cm³/mol.